The molecule has 0 aliphatic rings. The molecule has 29 heavy (non-hydrogen) atoms. The van der Waals surface area contributed by atoms with E-state index >= 15 is 0 Å². The minimum atomic E-state index is -0.935. The summed E-state index contributed by atoms with van der Waals surface area (Å²) in [7, 11) is 3.04. The standard InChI is InChI=1S/C20H21BrN4O4/c1-11-9-12(2)22-18-16(11)19(24-25(18)3)29-10-15(26)23-17(20(27)28-4)13-5-7-14(21)8-6-13/h5-9,17H,10H2,1-4H3,(H,23,26). The minimum Gasteiger partial charge on any atom is -0.467 e. The van der Waals surface area contributed by atoms with Gasteiger partial charge in [-0.3, -0.25) is 4.79 Å². The first kappa shape index (κ1) is 20.8. The second-order valence-electron chi connectivity index (χ2n) is 6.57. The minimum absolute atomic E-state index is 0.302. The molecule has 0 aliphatic carbocycles. The van der Waals surface area contributed by atoms with Crippen molar-refractivity contribution >= 4 is 38.8 Å². The van der Waals surface area contributed by atoms with E-state index in [0.29, 0.717) is 17.1 Å². The summed E-state index contributed by atoms with van der Waals surface area (Å²) in [5.41, 5.74) is 3.11. The van der Waals surface area contributed by atoms with E-state index in [1.54, 1.807) is 36.0 Å². The predicted molar refractivity (Wildman–Crippen MR) is 111 cm³/mol. The van der Waals surface area contributed by atoms with Crippen LogP contribution in [0.1, 0.15) is 22.9 Å². The summed E-state index contributed by atoms with van der Waals surface area (Å²) in [6, 6.07) is 8.03. The van der Waals surface area contributed by atoms with Crippen LogP contribution < -0.4 is 10.1 Å². The van der Waals surface area contributed by atoms with Crippen LogP contribution in [0, 0.1) is 13.8 Å². The molecule has 3 aromatic rings. The second kappa shape index (κ2) is 8.60. The smallest absolute Gasteiger partial charge is 0.333 e. The van der Waals surface area contributed by atoms with Gasteiger partial charge in [0.15, 0.2) is 18.3 Å². The van der Waals surface area contributed by atoms with Crippen molar-refractivity contribution in [2.24, 2.45) is 7.05 Å². The first-order chi connectivity index (χ1) is 13.8. The fourth-order valence-electron chi connectivity index (χ4n) is 3.04. The van der Waals surface area contributed by atoms with Gasteiger partial charge >= 0.3 is 5.97 Å². The number of hydrogen-bond acceptors (Lipinski definition) is 6. The Bertz CT molecular complexity index is 1060. The molecule has 0 saturated heterocycles. The van der Waals surface area contributed by atoms with Gasteiger partial charge in [0.2, 0.25) is 5.88 Å². The molecular weight excluding hydrogens is 440 g/mol. The Morgan fingerprint density at radius 2 is 1.93 bits per heavy atom. The Morgan fingerprint density at radius 1 is 1.24 bits per heavy atom. The molecular formula is C20H21BrN4O4. The highest BCUT2D eigenvalue weighted by molar-refractivity contribution is 9.10. The summed E-state index contributed by atoms with van der Waals surface area (Å²) in [5.74, 6) is -0.722. The Hall–Kier alpha value is -2.94. The number of esters is 1. The highest BCUT2D eigenvalue weighted by Crippen LogP contribution is 2.27. The van der Waals surface area contributed by atoms with Gasteiger partial charge in [-0.05, 0) is 43.2 Å². The number of fused-ring (bicyclic) bond motifs is 1. The van der Waals surface area contributed by atoms with Crippen LogP contribution in [0.25, 0.3) is 11.0 Å². The topological polar surface area (TPSA) is 95.3 Å². The van der Waals surface area contributed by atoms with Crippen molar-refractivity contribution in [1.82, 2.24) is 20.1 Å². The number of rotatable bonds is 6. The summed E-state index contributed by atoms with van der Waals surface area (Å²) < 4.78 is 12.9. The number of carbonyl (C=O) groups excluding carboxylic acids is 2. The molecule has 0 saturated carbocycles. The monoisotopic (exact) mass is 460 g/mol. The van der Waals surface area contributed by atoms with Crippen molar-refractivity contribution in [3.8, 4) is 5.88 Å². The molecule has 3 rings (SSSR count). The zero-order valence-electron chi connectivity index (χ0n) is 16.5. The SMILES string of the molecule is COC(=O)C(NC(=O)COc1nn(C)c2nc(C)cc(C)c12)c1ccc(Br)cc1. The molecule has 9 heteroatoms. The lowest BCUT2D eigenvalue weighted by Gasteiger charge is -2.17. The van der Waals surface area contributed by atoms with E-state index in [2.05, 4.69) is 31.3 Å². The van der Waals surface area contributed by atoms with Gasteiger partial charge in [-0.1, -0.05) is 28.1 Å². The summed E-state index contributed by atoms with van der Waals surface area (Å²) in [6.45, 7) is 3.54. The summed E-state index contributed by atoms with van der Waals surface area (Å²) in [5, 5.41) is 7.72. The van der Waals surface area contributed by atoms with Crippen LogP contribution in [0.3, 0.4) is 0 Å². The predicted octanol–water partition coefficient (Wildman–Crippen LogP) is 2.76. The van der Waals surface area contributed by atoms with Gasteiger partial charge in [-0.25, -0.2) is 14.5 Å². The third-order valence-corrected chi connectivity index (χ3v) is 4.90. The van der Waals surface area contributed by atoms with Gasteiger partial charge in [0.25, 0.3) is 5.91 Å². The van der Waals surface area contributed by atoms with Gasteiger partial charge in [0.05, 0.1) is 12.5 Å². The number of carbonyl (C=O) groups is 2. The molecule has 1 atom stereocenters. The van der Waals surface area contributed by atoms with Crippen molar-refractivity contribution in [2.75, 3.05) is 13.7 Å². The zero-order valence-corrected chi connectivity index (χ0v) is 18.1. The first-order valence-electron chi connectivity index (χ1n) is 8.86. The van der Waals surface area contributed by atoms with Crippen LogP contribution in [-0.4, -0.2) is 40.4 Å². The van der Waals surface area contributed by atoms with Crippen LogP contribution in [0.15, 0.2) is 34.8 Å². The molecule has 0 radical (unpaired) electrons. The average Bonchev–Trinajstić information content (AvgIpc) is 3.00. The van der Waals surface area contributed by atoms with Gasteiger partial charge in [0, 0.05) is 17.2 Å². The number of benzene rings is 1. The Morgan fingerprint density at radius 3 is 2.59 bits per heavy atom. The number of pyridine rings is 1. The van der Waals surface area contributed by atoms with E-state index < -0.39 is 17.9 Å². The van der Waals surface area contributed by atoms with Crippen molar-refractivity contribution in [2.45, 2.75) is 19.9 Å². The number of amides is 1. The number of nitrogens with zero attached hydrogens (tertiary/aromatic N) is 3. The normalized spacial score (nSPS) is 11.9. The first-order valence-corrected chi connectivity index (χ1v) is 9.66. The molecule has 2 heterocycles. The molecule has 0 fully saturated rings. The van der Waals surface area contributed by atoms with Crippen molar-refractivity contribution in [3.63, 3.8) is 0 Å². The number of hydrogen-bond donors (Lipinski definition) is 1. The molecule has 1 unspecified atom stereocenters. The van der Waals surface area contributed by atoms with Crippen molar-refractivity contribution < 1.29 is 19.1 Å². The van der Waals surface area contributed by atoms with Gasteiger partial charge in [0.1, 0.15) is 0 Å². The lowest BCUT2D eigenvalue weighted by Crippen LogP contribution is -2.37. The largest absolute Gasteiger partial charge is 0.467 e. The number of ether oxygens (including phenoxy) is 2. The van der Waals surface area contributed by atoms with E-state index in [1.165, 1.54) is 7.11 Å². The molecule has 2 aromatic heterocycles. The lowest BCUT2D eigenvalue weighted by molar-refractivity contribution is -0.145. The molecule has 8 nitrogen and oxygen atoms in total. The molecule has 152 valence electrons. The zero-order chi connectivity index (χ0) is 21.1. The molecule has 1 N–H and O–H groups in total. The molecule has 1 aromatic carbocycles. The quantitative estimate of drug-likeness (QED) is 0.568. The Kier molecular flexibility index (Phi) is 6.17. The van der Waals surface area contributed by atoms with E-state index in [-0.39, 0.29) is 6.61 Å². The summed E-state index contributed by atoms with van der Waals surface area (Å²) >= 11 is 3.34. The Balaban J connectivity index is 1.75. The van der Waals surface area contributed by atoms with E-state index in [0.717, 1.165) is 21.1 Å². The number of aromatic nitrogens is 3. The maximum atomic E-state index is 12.5. The Labute approximate surface area is 176 Å². The second-order valence-corrected chi connectivity index (χ2v) is 7.49. The fourth-order valence-corrected chi connectivity index (χ4v) is 3.30. The van der Waals surface area contributed by atoms with Gasteiger partial charge in [-0.2, -0.15) is 0 Å². The number of nitrogens with one attached hydrogen (secondary N) is 1. The number of halogens is 1. The van der Waals surface area contributed by atoms with E-state index in [9.17, 15) is 9.59 Å². The highest BCUT2D eigenvalue weighted by Gasteiger charge is 2.24. The number of methoxy groups -OCH3 is 1. The van der Waals surface area contributed by atoms with Gasteiger partial charge in [-0.15, -0.1) is 5.10 Å². The van der Waals surface area contributed by atoms with Crippen LogP contribution in [0.5, 0.6) is 5.88 Å². The van der Waals surface area contributed by atoms with Crippen LogP contribution >= 0.6 is 15.9 Å². The molecule has 0 aliphatic heterocycles. The van der Waals surface area contributed by atoms with E-state index in [1.807, 2.05) is 19.9 Å². The van der Waals surface area contributed by atoms with Gasteiger partial charge < -0.3 is 14.8 Å². The molecule has 1 amide bonds. The third kappa shape index (κ3) is 4.56. The summed E-state index contributed by atoms with van der Waals surface area (Å²) in [6.07, 6.45) is 0. The van der Waals surface area contributed by atoms with Crippen LogP contribution in [-0.2, 0) is 21.4 Å². The lowest BCUT2D eigenvalue weighted by atomic mass is 10.1. The summed E-state index contributed by atoms with van der Waals surface area (Å²) in [4.78, 5) is 29.1. The highest BCUT2D eigenvalue weighted by atomic mass is 79.9. The van der Waals surface area contributed by atoms with Crippen molar-refractivity contribution in [1.29, 1.82) is 0 Å². The third-order valence-electron chi connectivity index (χ3n) is 4.37. The van der Waals surface area contributed by atoms with Crippen molar-refractivity contribution in [3.05, 3.63) is 51.6 Å². The maximum absolute atomic E-state index is 12.5. The maximum Gasteiger partial charge on any atom is 0.333 e. The van der Waals surface area contributed by atoms with Crippen LogP contribution in [0.2, 0.25) is 0 Å². The molecule has 0 bridgehead atoms. The average molecular weight is 461 g/mol. The number of aryl methyl sites for hydroxylation is 3. The molecule has 0 spiro atoms. The fraction of sp³-hybridized carbons (Fsp3) is 0.300. The van der Waals surface area contributed by atoms with Crippen LogP contribution in [0.4, 0.5) is 0 Å². The van der Waals surface area contributed by atoms with E-state index in [4.69, 9.17) is 9.47 Å².